The molecule has 13 heavy (non-hydrogen) atoms. The third kappa shape index (κ3) is 2.69. The summed E-state index contributed by atoms with van der Waals surface area (Å²) in [5.74, 6) is -2.54. The van der Waals surface area contributed by atoms with E-state index < -0.39 is 24.0 Å². The van der Waals surface area contributed by atoms with Crippen molar-refractivity contribution < 1.29 is 19.8 Å². The number of carbonyl (C=O) groups is 2. The van der Waals surface area contributed by atoms with Crippen LogP contribution in [0.15, 0.2) is 0 Å². The fraction of sp³-hybridized carbons (Fsp3) is 0.750. The SMILES string of the molecule is O=C(O)C(=O)NC1CCCCC1O. The third-order valence-corrected chi connectivity index (χ3v) is 2.24. The number of hydrogen-bond donors (Lipinski definition) is 3. The van der Waals surface area contributed by atoms with Crippen molar-refractivity contribution >= 4 is 11.9 Å². The van der Waals surface area contributed by atoms with Crippen LogP contribution in [0.1, 0.15) is 25.7 Å². The van der Waals surface area contributed by atoms with E-state index >= 15 is 0 Å². The number of carbonyl (C=O) groups excluding carboxylic acids is 1. The zero-order valence-corrected chi connectivity index (χ0v) is 7.19. The molecule has 0 saturated heterocycles. The molecule has 3 N–H and O–H groups in total. The molecule has 74 valence electrons. The molecule has 0 aromatic rings. The molecule has 0 bridgehead atoms. The summed E-state index contributed by atoms with van der Waals surface area (Å²) in [5, 5.41) is 20.0. The minimum Gasteiger partial charge on any atom is -0.474 e. The van der Waals surface area contributed by atoms with E-state index in [1.165, 1.54) is 0 Å². The average molecular weight is 187 g/mol. The van der Waals surface area contributed by atoms with Crippen molar-refractivity contribution in [1.29, 1.82) is 0 Å². The molecule has 5 heteroatoms. The van der Waals surface area contributed by atoms with Crippen LogP contribution in [-0.2, 0) is 9.59 Å². The molecule has 2 unspecified atom stereocenters. The van der Waals surface area contributed by atoms with Crippen molar-refractivity contribution in [3.8, 4) is 0 Å². The van der Waals surface area contributed by atoms with Crippen molar-refractivity contribution in [2.75, 3.05) is 0 Å². The lowest BCUT2D eigenvalue weighted by molar-refractivity contribution is -0.151. The number of hydrogen-bond acceptors (Lipinski definition) is 3. The fourth-order valence-corrected chi connectivity index (χ4v) is 1.51. The largest absolute Gasteiger partial charge is 0.474 e. The monoisotopic (exact) mass is 187 g/mol. The molecule has 1 aliphatic carbocycles. The maximum Gasteiger partial charge on any atom is 0.394 e. The van der Waals surface area contributed by atoms with Crippen LogP contribution in [0.2, 0.25) is 0 Å². The van der Waals surface area contributed by atoms with Gasteiger partial charge in [-0.3, -0.25) is 4.79 Å². The van der Waals surface area contributed by atoms with E-state index in [0.717, 1.165) is 12.8 Å². The van der Waals surface area contributed by atoms with Crippen molar-refractivity contribution in [3.05, 3.63) is 0 Å². The average Bonchev–Trinajstić information content (AvgIpc) is 2.08. The van der Waals surface area contributed by atoms with Crippen molar-refractivity contribution in [3.63, 3.8) is 0 Å². The number of rotatable bonds is 1. The van der Waals surface area contributed by atoms with Crippen LogP contribution in [0.3, 0.4) is 0 Å². The molecule has 0 aromatic carbocycles. The summed E-state index contributed by atoms with van der Waals surface area (Å²) in [6, 6.07) is -0.391. The molecule has 0 radical (unpaired) electrons. The molecule has 1 amide bonds. The zero-order chi connectivity index (χ0) is 9.84. The highest BCUT2D eigenvalue weighted by atomic mass is 16.4. The van der Waals surface area contributed by atoms with Gasteiger partial charge in [0.25, 0.3) is 0 Å². The number of nitrogens with one attached hydrogen (secondary N) is 1. The lowest BCUT2D eigenvalue weighted by Crippen LogP contribution is -2.47. The lowest BCUT2D eigenvalue weighted by Gasteiger charge is -2.27. The van der Waals surface area contributed by atoms with E-state index in [1.54, 1.807) is 0 Å². The van der Waals surface area contributed by atoms with Crippen LogP contribution in [0.25, 0.3) is 0 Å². The van der Waals surface area contributed by atoms with Gasteiger partial charge in [0.2, 0.25) is 0 Å². The van der Waals surface area contributed by atoms with Crippen LogP contribution in [0.5, 0.6) is 0 Å². The molecule has 2 atom stereocenters. The van der Waals surface area contributed by atoms with E-state index in [4.69, 9.17) is 5.11 Å². The second-order valence-corrected chi connectivity index (χ2v) is 3.24. The third-order valence-electron chi connectivity index (χ3n) is 2.24. The van der Waals surface area contributed by atoms with Gasteiger partial charge in [0, 0.05) is 0 Å². The maximum absolute atomic E-state index is 10.7. The van der Waals surface area contributed by atoms with Crippen LogP contribution in [-0.4, -0.2) is 34.2 Å². The Hall–Kier alpha value is -1.10. The molecule has 1 saturated carbocycles. The first kappa shape index (κ1) is 9.98. The summed E-state index contributed by atoms with van der Waals surface area (Å²) < 4.78 is 0. The van der Waals surface area contributed by atoms with Gasteiger partial charge in [-0.15, -0.1) is 0 Å². The Bertz CT molecular complexity index is 216. The van der Waals surface area contributed by atoms with Crippen LogP contribution in [0.4, 0.5) is 0 Å². The molecule has 0 spiro atoms. The van der Waals surface area contributed by atoms with E-state index in [0.29, 0.717) is 12.8 Å². The Morgan fingerprint density at radius 2 is 1.85 bits per heavy atom. The minimum atomic E-state index is -1.50. The van der Waals surface area contributed by atoms with Gasteiger partial charge in [0.15, 0.2) is 0 Å². The molecular formula is C8H13NO4. The second kappa shape index (κ2) is 4.23. The highest BCUT2D eigenvalue weighted by molar-refractivity contribution is 6.31. The normalized spacial score (nSPS) is 28.1. The molecule has 1 aliphatic rings. The second-order valence-electron chi connectivity index (χ2n) is 3.24. The van der Waals surface area contributed by atoms with Gasteiger partial charge in [-0.1, -0.05) is 12.8 Å². The molecule has 0 aromatic heterocycles. The Balaban J connectivity index is 2.42. The van der Waals surface area contributed by atoms with Gasteiger partial charge in [-0.05, 0) is 12.8 Å². The smallest absolute Gasteiger partial charge is 0.394 e. The highest BCUT2D eigenvalue weighted by Gasteiger charge is 2.26. The summed E-state index contributed by atoms with van der Waals surface area (Å²) in [7, 11) is 0. The Morgan fingerprint density at radius 1 is 1.23 bits per heavy atom. The number of carboxylic acid groups (broad SMARTS) is 1. The van der Waals surface area contributed by atoms with Crippen LogP contribution in [0, 0.1) is 0 Å². The molecule has 1 rings (SSSR count). The first-order valence-electron chi connectivity index (χ1n) is 4.33. The molecule has 1 fully saturated rings. The molecule has 5 nitrogen and oxygen atoms in total. The van der Waals surface area contributed by atoms with E-state index in [-0.39, 0.29) is 0 Å². The summed E-state index contributed by atoms with van der Waals surface area (Å²) in [6.45, 7) is 0. The topological polar surface area (TPSA) is 86.6 Å². The highest BCUT2D eigenvalue weighted by Crippen LogP contribution is 2.17. The van der Waals surface area contributed by atoms with E-state index in [9.17, 15) is 14.7 Å². The van der Waals surface area contributed by atoms with Crippen molar-refractivity contribution in [2.24, 2.45) is 0 Å². The van der Waals surface area contributed by atoms with Gasteiger partial charge in [0.05, 0.1) is 12.1 Å². The van der Waals surface area contributed by atoms with Crippen molar-refractivity contribution in [1.82, 2.24) is 5.32 Å². The number of amides is 1. The van der Waals surface area contributed by atoms with Crippen LogP contribution < -0.4 is 5.32 Å². The number of aliphatic carboxylic acids is 1. The maximum atomic E-state index is 10.7. The Labute approximate surface area is 75.7 Å². The molecular weight excluding hydrogens is 174 g/mol. The number of carboxylic acids is 1. The quantitative estimate of drug-likeness (QED) is 0.482. The molecule has 0 heterocycles. The van der Waals surface area contributed by atoms with E-state index in [1.807, 2.05) is 0 Å². The zero-order valence-electron chi connectivity index (χ0n) is 7.19. The number of aliphatic hydroxyl groups is 1. The summed E-state index contributed by atoms with van der Waals surface area (Å²) in [6.07, 6.45) is 2.53. The Kier molecular flexibility index (Phi) is 3.25. The van der Waals surface area contributed by atoms with Gasteiger partial charge in [-0.25, -0.2) is 4.79 Å². The Morgan fingerprint density at radius 3 is 2.38 bits per heavy atom. The van der Waals surface area contributed by atoms with Gasteiger partial charge >= 0.3 is 11.9 Å². The first-order chi connectivity index (χ1) is 6.11. The van der Waals surface area contributed by atoms with Gasteiger partial charge in [-0.2, -0.15) is 0 Å². The van der Waals surface area contributed by atoms with Crippen LogP contribution >= 0.6 is 0 Å². The molecule has 0 aliphatic heterocycles. The summed E-state index contributed by atoms with van der Waals surface area (Å²) in [4.78, 5) is 20.9. The summed E-state index contributed by atoms with van der Waals surface area (Å²) in [5.41, 5.74) is 0. The summed E-state index contributed by atoms with van der Waals surface area (Å²) >= 11 is 0. The van der Waals surface area contributed by atoms with Gasteiger partial charge < -0.3 is 15.5 Å². The first-order valence-corrected chi connectivity index (χ1v) is 4.33. The minimum absolute atomic E-state index is 0.391. The predicted octanol–water partition coefficient (Wildman–Crippen LogP) is -0.509. The van der Waals surface area contributed by atoms with E-state index in [2.05, 4.69) is 5.32 Å². The standard InChI is InChI=1S/C8H13NO4/c10-6-4-2-1-3-5(6)9-7(11)8(12)13/h5-6,10H,1-4H2,(H,9,11)(H,12,13). The number of aliphatic hydroxyl groups excluding tert-OH is 1. The predicted molar refractivity (Wildman–Crippen MR) is 44.0 cm³/mol. The van der Waals surface area contributed by atoms with Gasteiger partial charge in [0.1, 0.15) is 0 Å². The fourth-order valence-electron chi connectivity index (χ4n) is 1.51. The lowest BCUT2D eigenvalue weighted by atomic mass is 9.92. The van der Waals surface area contributed by atoms with Crippen molar-refractivity contribution in [2.45, 2.75) is 37.8 Å².